The largest absolute Gasteiger partial charge is 0.385 e. The van der Waals surface area contributed by atoms with Gasteiger partial charge in [-0.2, -0.15) is 9.61 Å². The molecule has 10 heteroatoms. The first kappa shape index (κ1) is 23.7. The molecular weight excluding hydrogens is 476 g/mol. The fourth-order valence-corrected chi connectivity index (χ4v) is 5.46. The summed E-state index contributed by atoms with van der Waals surface area (Å²) in [5.74, 6) is -0.673. The van der Waals surface area contributed by atoms with Crippen LogP contribution in [0.3, 0.4) is 0 Å². The van der Waals surface area contributed by atoms with E-state index < -0.39 is 17.2 Å². The lowest BCUT2D eigenvalue weighted by molar-refractivity contribution is -0.0392. The summed E-state index contributed by atoms with van der Waals surface area (Å²) in [4.78, 5) is 11.0. The van der Waals surface area contributed by atoms with Crippen molar-refractivity contribution in [2.45, 2.75) is 44.2 Å². The molecular formula is C27H29F2N7O. The van der Waals surface area contributed by atoms with Crippen molar-refractivity contribution in [3.05, 3.63) is 66.1 Å². The molecule has 1 aliphatic carbocycles. The number of benzene rings is 1. The lowest BCUT2D eigenvalue weighted by Crippen LogP contribution is -2.46. The van der Waals surface area contributed by atoms with Gasteiger partial charge in [0.25, 0.3) is 0 Å². The first-order valence-corrected chi connectivity index (χ1v) is 12.6. The van der Waals surface area contributed by atoms with Crippen molar-refractivity contribution in [2.24, 2.45) is 11.7 Å². The number of nitrogens with one attached hydrogen (secondary N) is 1. The normalized spacial score (nSPS) is 21.2. The van der Waals surface area contributed by atoms with Gasteiger partial charge in [-0.25, -0.2) is 13.8 Å². The second-order valence-electron chi connectivity index (χ2n) is 10.4. The number of nitrogens with two attached hydrogens (primary N) is 1. The van der Waals surface area contributed by atoms with E-state index >= 15 is 8.78 Å². The van der Waals surface area contributed by atoms with Gasteiger partial charge >= 0.3 is 0 Å². The highest BCUT2D eigenvalue weighted by Crippen LogP contribution is 2.42. The monoisotopic (exact) mass is 505 g/mol. The third kappa shape index (κ3) is 4.30. The Hall–Kier alpha value is -3.63. The summed E-state index contributed by atoms with van der Waals surface area (Å²) in [6, 6.07) is 7.71. The van der Waals surface area contributed by atoms with Crippen LogP contribution in [0.25, 0.3) is 16.8 Å². The number of halogens is 2. The smallest absolute Gasteiger partial charge is 0.229 e. The first-order valence-electron chi connectivity index (χ1n) is 12.6. The maximum Gasteiger partial charge on any atom is 0.229 e. The number of piperidine rings is 1. The summed E-state index contributed by atoms with van der Waals surface area (Å²) in [5.41, 5.74) is 7.61. The van der Waals surface area contributed by atoms with Crippen molar-refractivity contribution in [1.29, 1.82) is 0 Å². The van der Waals surface area contributed by atoms with E-state index in [0.717, 1.165) is 37.3 Å². The zero-order valence-electron chi connectivity index (χ0n) is 20.5. The van der Waals surface area contributed by atoms with E-state index in [-0.39, 0.29) is 22.9 Å². The molecule has 0 amide bonds. The summed E-state index contributed by atoms with van der Waals surface area (Å²) in [7, 11) is 0. The Morgan fingerprint density at radius 3 is 2.59 bits per heavy atom. The molecule has 6 rings (SSSR count). The molecule has 192 valence electrons. The van der Waals surface area contributed by atoms with Crippen LogP contribution in [0, 0.1) is 17.6 Å². The second kappa shape index (κ2) is 9.04. The Bertz CT molecular complexity index is 1440. The van der Waals surface area contributed by atoms with Crippen LogP contribution >= 0.6 is 0 Å². The summed E-state index contributed by atoms with van der Waals surface area (Å²) in [5, 5.41) is 18.4. The molecule has 8 nitrogen and oxygen atoms in total. The second-order valence-corrected chi connectivity index (χ2v) is 10.4. The van der Waals surface area contributed by atoms with E-state index in [2.05, 4.69) is 32.2 Å². The lowest BCUT2D eigenvalue weighted by Gasteiger charge is -2.37. The predicted octanol–water partition coefficient (Wildman–Crippen LogP) is 4.36. The third-order valence-corrected chi connectivity index (χ3v) is 7.48. The van der Waals surface area contributed by atoms with E-state index in [9.17, 15) is 5.11 Å². The number of aromatic nitrogens is 4. The number of hydrogen-bond acceptors (Lipinski definition) is 7. The van der Waals surface area contributed by atoms with Crippen LogP contribution in [-0.4, -0.2) is 43.8 Å². The first-order chi connectivity index (χ1) is 17.8. The van der Waals surface area contributed by atoms with Crippen LogP contribution in [0.4, 0.5) is 26.1 Å². The minimum atomic E-state index is -1.16. The molecule has 2 atom stereocenters. The van der Waals surface area contributed by atoms with Crippen LogP contribution < -0.4 is 16.0 Å². The maximum absolute atomic E-state index is 15.1. The van der Waals surface area contributed by atoms with Crippen LogP contribution in [0.15, 0.2) is 48.9 Å². The zero-order valence-corrected chi connectivity index (χ0v) is 20.5. The molecule has 0 bridgehead atoms. The Kier molecular flexibility index (Phi) is 5.80. The number of pyridine rings is 1. The highest BCUT2D eigenvalue weighted by atomic mass is 19.1. The highest BCUT2D eigenvalue weighted by molar-refractivity contribution is 5.74. The Labute approximate surface area is 213 Å². The van der Waals surface area contributed by atoms with Crippen molar-refractivity contribution >= 4 is 22.8 Å². The van der Waals surface area contributed by atoms with Gasteiger partial charge in [0.1, 0.15) is 11.6 Å². The molecule has 0 unspecified atom stereocenters. The van der Waals surface area contributed by atoms with Crippen LogP contribution in [0.5, 0.6) is 0 Å². The average Bonchev–Trinajstić information content (AvgIpc) is 3.24. The number of aliphatic hydroxyl groups is 1. The minimum Gasteiger partial charge on any atom is -0.385 e. The Morgan fingerprint density at radius 2 is 1.89 bits per heavy atom. The average molecular weight is 506 g/mol. The molecule has 1 saturated heterocycles. The van der Waals surface area contributed by atoms with Crippen molar-refractivity contribution in [1.82, 2.24) is 19.6 Å². The van der Waals surface area contributed by atoms with E-state index in [0.29, 0.717) is 30.2 Å². The van der Waals surface area contributed by atoms with Crippen LogP contribution in [0.2, 0.25) is 0 Å². The molecule has 1 aromatic carbocycles. The van der Waals surface area contributed by atoms with E-state index in [1.807, 2.05) is 6.07 Å². The van der Waals surface area contributed by atoms with E-state index in [1.54, 1.807) is 30.7 Å². The molecule has 0 spiro atoms. The maximum atomic E-state index is 15.1. The third-order valence-electron chi connectivity index (χ3n) is 7.48. The predicted molar refractivity (Wildman–Crippen MR) is 138 cm³/mol. The van der Waals surface area contributed by atoms with Gasteiger partial charge in [0.05, 0.1) is 46.1 Å². The van der Waals surface area contributed by atoms with Crippen molar-refractivity contribution in [3.8, 4) is 11.3 Å². The Balaban J connectivity index is 1.35. The summed E-state index contributed by atoms with van der Waals surface area (Å²) in [6.45, 7) is 3.80. The van der Waals surface area contributed by atoms with Crippen molar-refractivity contribution in [3.63, 3.8) is 0 Å². The number of anilines is 3. The fourth-order valence-electron chi connectivity index (χ4n) is 5.46. The van der Waals surface area contributed by atoms with Crippen LogP contribution in [0.1, 0.15) is 38.2 Å². The lowest BCUT2D eigenvalue weighted by atomic mass is 9.75. The SMILES string of the molecule is C[C@@H]1C[C@H](N)CN(c2ccncc2Nc2ncc3ccc(-c4c(F)cc(C5(O)CCC5)cc4F)nn23)C1. The summed E-state index contributed by atoms with van der Waals surface area (Å²) >= 11 is 0. The van der Waals surface area contributed by atoms with Gasteiger partial charge in [0, 0.05) is 25.3 Å². The molecule has 37 heavy (non-hydrogen) atoms. The van der Waals surface area contributed by atoms with Crippen LogP contribution in [-0.2, 0) is 5.60 Å². The van der Waals surface area contributed by atoms with Gasteiger partial charge in [-0.15, -0.1) is 0 Å². The topological polar surface area (TPSA) is 105 Å². The standard InChI is InChI=1S/C27H29F2N7O/c1-16-9-18(30)15-35(14-16)24-5-8-31-13-23(24)33-26-32-12-19-3-4-22(34-36(19)26)25-20(28)10-17(11-21(25)29)27(37)6-2-7-27/h3-5,8,10-13,16,18,37H,2,6-7,9,14-15,30H2,1H3,(H,32,33)/t16-,18+/m1/s1. The van der Waals surface area contributed by atoms with Gasteiger partial charge in [0.2, 0.25) is 5.95 Å². The van der Waals surface area contributed by atoms with Crippen molar-refractivity contribution in [2.75, 3.05) is 23.3 Å². The molecule has 3 aromatic heterocycles. The van der Waals surface area contributed by atoms with E-state index in [1.165, 1.54) is 16.6 Å². The van der Waals surface area contributed by atoms with Crippen molar-refractivity contribution < 1.29 is 13.9 Å². The van der Waals surface area contributed by atoms with Gasteiger partial charge in [-0.1, -0.05) is 6.92 Å². The summed E-state index contributed by atoms with van der Waals surface area (Å²) in [6.07, 6.45) is 7.90. The number of rotatable bonds is 5. The quantitative estimate of drug-likeness (QED) is 0.370. The molecule has 1 aliphatic heterocycles. The van der Waals surface area contributed by atoms with E-state index in [4.69, 9.17) is 5.73 Å². The van der Waals surface area contributed by atoms with Gasteiger partial charge < -0.3 is 21.1 Å². The van der Waals surface area contributed by atoms with Gasteiger partial charge in [-0.3, -0.25) is 4.98 Å². The number of nitrogens with zero attached hydrogens (tertiary/aromatic N) is 5. The molecule has 0 radical (unpaired) electrons. The number of imidazole rings is 1. The molecule has 1 saturated carbocycles. The fraction of sp³-hybridized carbons (Fsp3) is 0.370. The van der Waals surface area contributed by atoms with Gasteiger partial charge in [0.15, 0.2) is 0 Å². The molecule has 2 fully saturated rings. The number of fused-ring (bicyclic) bond motifs is 1. The molecule has 4 heterocycles. The molecule has 4 aromatic rings. The highest BCUT2D eigenvalue weighted by Gasteiger charge is 2.37. The summed E-state index contributed by atoms with van der Waals surface area (Å²) < 4.78 is 31.8. The Morgan fingerprint density at radius 1 is 1.11 bits per heavy atom. The minimum absolute atomic E-state index is 0.0856. The molecule has 4 N–H and O–H groups in total. The zero-order chi connectivity index (χ0) is 25.7. The molecule has 2 aliphatic rings. The van der Waals surface area contributed by atoms with Gasteiger partial charge in [-0.05, 0) is 67.5 Å². The number of hydrogen-bond donors (Lipinski definition) is 3.